The second-order valence-corrected chi connectivity index (χ2v) is 4.44. The summed E-state index contributed by atoms with van der Waals surface area (Å²) in [7, 11) is 0. The summed E-state index contributed by atoms with van der Waals surface area (Å²) in [6.45, 7) is -1.28. The molecule has 2 rings (SSSR count). The highest BCUT2D eigenvalue weighted by atomic mass is 19.3. The lowest BCUT2D eigenvalue weighted by molar-refractivity contribution is -0.0498. The first-order chi connectivity index (χ1) is 9.95. The van der Waals surface area contributed by atoms with Gasteiger partial charge in [0.2, 0.25) is 0 Å². The van der Waals surface area contributed by atoms with Crippen LogP contribution in [0.1, 0.15) is 18.5 Å². The zero-order valence-electron chi connectivity index (χ0n) is 11.1. The molecule has 0 aliphatic rings. The molecule has 1 N–H and O–H groups in total. The largest absolute Gasteiger partial charge is 0.435 e. The summed E-state index contributed by atoms with van der Waals surface area (Å²) in [5, 5.41) is 2.91. The lowest BCUT2D eigenvalue weighted by atomic mass is 10.1. The van der Waals surface area contributed by atoms with Gasteiger partial charge in [0, 0.05) is 17.3 Å². The molecule has 6 heteroatoms. The number of ether oxygens (including phenoxy) is 1. The van der Waals surface area contributed by atoms with Crippen molar-refractivity contribution in [3.8, 4) is 5.75 Å². The first-order valence-corrected chi connectivity index (χ1v) is 6.22. The van der Waals surface area contributed by atoms with Crippen LogP contribution < -0.4 is 10.1 Å². The van der Waals surface area contributed by atoms with Crippen LogP contribution in [-0.4, -0.2) is 6.61 Å². The Morgan fingerprint density at radius 1 is 1.05 bits per heavy atom. The van der Waals surface area contributed by atoms with E-state index in [4.69, 9.17) is 0 Å². The molecule has 0 saturated carbocycles. The molecule has 0 heterocycles. The number of anilines is 1. The van der Waals surface area contributed by atoms with Crippen LogP contribution >= 0.6 is 0 Å². The lowest BCUT2D eigenvalue weighted by Crippen LogP contribution is -2.09. The fourth-order valence-electron chi connectivity index (χ4n) is 1.94. The molecular formula is C15H13F4NO. The van der Waals surface area contributed by atoms with Crippen molar-refractivity contribution < 1.29 is 22.3 Å². The summed E-state index contributed by atoms with van der Waals surface area (Å²) in [4.78, 5) is 0. The molecule has 0 spiro atoms. The topological polar surface area (TPSA) is 21.3 Å². The van der Waals surface area contributed by atoms with Gasteiger partial charge < -0.3 is 10.1 Å². The maximum atomic E-state index is 13.6. The van der Waals surface area contributed by atoms with E-state index in [0.717, 1.165) is 18.2 Å². The van der Waals surface area contributed by atoms with Crippen molar-refractivity contribution >= 4 is 5.69 Å². The van der Waals surface area contributed by atoms with Gasteiger partial charge in [-0.1, -0.05) is 6.07 Å². The Labute approximate surface area is 119 Å². The van der Waals surface area contributed by atoms with Crippen LogP contribution in [0, 0.1) is 11.6 Å². The number of rotatable bonds is 5. The van der Waals surface area contributed by atoms with E-state index in [1.807, 2.05) is 0 Å². The number of hydrogen-bond acceptors (Lipinski definition) is 2. The molecule has 2 aromatic carbocycles. The van der Waals surface area contributed by atoms with Crippen molar-refractivity contribution in [1.29, 1.82) is 0 Å². The van der Waals surface area contributed by atoms with E-state index in [1.54, 1.807) is 13.0 Å². The summed E-state index contributed by atoms with van der Waals surface area (Å²) < 4.78 is 55.4. The lowest BCUT2D eigenvalue weighted by Gasteiger charge is -2.17. The standard InChI is InChI=1S/C15H13F4NO/c1-9(13-7-10(16)5-6-14(13)17)20-11-3-2-4-12(8-11)21-15(18)19/h2-9,15,20H,1H3. The van der Waals surface area contributed by atoms with Crippen LogP contribution in [0.5, 0.6) is 5.75 Å². The van der Waals surface area contributed by atoms with E-state index in [2.05, 4.69) is 10.1 Å². The van der Waals surface area contributed by atoms with Crippen LogP contribution in [0.25, 0.3) is 0 Å². The minimum atomic E-state index is -2.92. The molecule has 0 bridgehead atoms. The van der Waals surface area contributed by atoms with Gasteiger partial charge in [0.15, 0.2) is 0 Å². The maximum absolute atomic E-state index is 13.6. The molecule has 112 valence electrons. The average molecular weight is 299 g/mol. The van der Waals surface area contributed by atoms with Crippen molar-refractivity contribution in [2.75, 3.05) is 5.32 Å². The summed E-state index contributed by atoms with van der Waals surface area (Å²) in [6, 6.07) is 8.50. The van der Waals surface area contributed by atoms with Crippen molar-refractivity contribution in [1.82, 2.24) is 0 Å². The highest BCUT2D eigenvalue weighted by molar-refractivity contribution is 5.49. The Morgan fingerprint density at radius 3 is 2.52 bits per heavy atom. The Kier molecular flexibility index (Phi) is 4.67. The van der Waals surface area contributed by atoms with Crippen molar-refractivity contribution in [2.24, 2.45) is 0 Å². The molecule has 0 aromatic heterocycles. The Bertz CT molecular complexity index is 618. The molecule has 2 aromatic rings. The minimum absolute atomic E-state index is 0.0121. The fourth-order valence-corrected chi connectivity index (χ4v) is 1.94. The van der Waals surface area contributed by atoms with E-state index < -0.39 is 24.3 Å². The quantitative estimate of drug-likeness (QED) is 0.805. The first-order valence-electron chi connectivity index (χ1n) is 6.22. The molecule has 0 amide bonds. The maximum Gasteiger partial charge on any atom is 0.387 e. The number of alkyl halides is 2. The summed E-state index contributed by atoms with van der Waals surface area (Å²) in [5.74, 6) is -1.10. The van der Waals surface area contributed by atoms with Crippen molar-refractivity contribution in [3.05, 3.63) is 59.7 Å². The van der Waals surface area contributed by atoms with E-state index in [9.17, 15) is 17.6 Å². The Morgan fingerprint density at radius 2 is 1.81 bits per heavy atom. The monoisotopic (exact) mass is 299 g/mol. The molecule has 0 fully saturated rings. The van der Waals surface area contributed by atoms with E-state index in [1.165, 1.54) is 18.2 Å². The Hall–Kier alpha value is -2.24. The van der Waals surface area contributed by atoms with Crippen LogP contribution in [-0.2, 0) is 0 Å². The molecule has 2 nitrogen and oxygen atoms in total. The van der Waals surface area contributed by atoms with Gasteiger partial charge in [-0.15, -0.1) is 0 Å². The SMILES string of the molecule is CC(Nc1cccc(OC(F)F)c1)c1cc(F)ccc1F. The highest BCUT2D eigenvalue weighted by Gasteiger charge is 2.12. The molecule has 0 radical (unpaired) electrons. The van der Waals surface area contributed by atoms with Gasteiger partial charge in [0.05, 0.1) is 6.04 Å². The summed E-state index contributed by atoms with van der Waals surface area (Å²) >= 11 is 0. The third-order valence-electron chi connectivity index (χ3n) is 2.87. The number of hydrogen-bond donors (Lipinski definition) is 1. The van der Waals surface area contributed by atoms with Crippen molar-refractivity contribution in [3.63, 3.8) is 0 Å². The molecular weight excluding hydrogens is 286 g/mol. The van der Waals surface area contributed by atoms with Crippen LogP contribution in [0.4, 0.5) is 23.2 Å². The summed E-state index contributed by atoms with van der Waals surface area (Å²) in [6.07, 6.45) is 0. The third-order valence-corrected chi connectivity index (χ3v) is 2.87. The zero-order chi connectivity index (χ0) is 15.4. The van der Waals surface area contributed by atoms with E-state index >= 15 is 0 Å². The predicted molar refractivity (Wildman–Crippen MR) is 71.5 cm³/mol. The Balaban J connectivity index is 2.15. The molecule has 1 atom stereocenters. The number of benzene rings is 2. The van der Waals surface area contributed by atoms with Crippen LogP contribution in [0.2, 0.25) is 0 Å². The summed E-state index contributed by atoms with van der Waals surface area (Å²) in [5.41, 5.74) is 0.611. The van der Waals surface area contributed by atoms with Gasteiger partial charge in [-0.05, 0) is 37.3 Å². The molecule has 21 heavy (non-hydrogen) atoms. The molecule has 0 aliphatic heterocycles. The second-order valence-electron chi connectivity index (χ2n) is 4.44. The first kappa shape index (κ1) is 15.2. The van der Waals surface area contributed by atoms with Crippen LogP contribution in [0.15, 0.2) is 42.5 Å². The number of halogens is 4. The number of nitrogens with one attached hydrogen (secondary N) is 1. The van der Waals surface area contributed by atoms with Crippen LogP contribution in [0.3, 0.4) is 0 Å². The minimum Gasteiger partial charge on any atom is -0.435 e. The highest BCUT2D eigenvalue weighted by Crippen LogP contribution is 2.25. The van der Waals surface area contributed by atoms with Crippen molar-refractivity contribution in [2.45, 2.75) is 19.6 Å². The van der Waals surface area contributed by atoms with Gasteiger partial charge in [-0.2, -0.15) is 8.78 Å². The van der Waals surface area contributed by atoms with Gasteiger partial charge in [0.1, 0.15) is 17.4 Å². The normalized spacial score (nSPS) is 12.3. The predicted octanol–water partition coefficient (Wildman–Crippen LogP) is 4.74. The van der Waals surface area contributed by atoms with Gasteiger partial charge in [-0.25, -0.2) is 8.78 Å². The van der Waals surface area contributed by atoms with E-state index in [0.29, 0.717) is 5.69 Å². The van der Waals surface area contributed by atoms with Gasteiger partial charge in [0.25, 0.3) is 0 Å². The smallest absolute Gasteiger partial charge is 0.387 e. The zero-order valence-corrected chi connectivity index (χ0v) is 11.1. The third kappa shape index (κ3) is 4.11. The van der Waals surface area contributed by atoms with Gasteiger partial charge in [-0.3, -0.25) is 0 Å². The van der Waals surface area contributed by atoms with Gasteiger partial charge >= 0.3 is 6.61 Å². The molecule has 1 unspecified atom stereocenters. The second kappa shape index (κ2) is 6.47. The van der Waals surface area contributed by atoms with E-state index in [-0.39, 0.29) is 11.3 Å². The molecule has 0 aliphatic carbocycles. The fraction of sp³-hybridized carbons (Fsp3) is 0.200. The average Bonchev–Trinajstić information content (AvgIpc) is 2.41. The molecule has 0 saturated heterocycles.